The number of hydrogen-bond acceptors (Lipinski definition) is 1. The van der Waals surface area contributed by atoms with Crippen LogP contribution in [0.3, 0.4) is 0 Å². The average molecular weight is 240 g/mol. The Morgan fingerprint density at radius 1 is 1.22 bits per heavy atom. The maximum Gasteiger partial charge on any atom is 0.0488 e. The summed E-state index contributed by atoms with van der Waals surface area (Å²) in [6.07, 6.45) is 1.09. The van der Waals surface area contributed by atoms with Gasteiger partial charge in [-0.25, -0.2) is 0 Å². The van der Waals surface area contributed by atoms with Gasteiger partial charge in [-0.3, -0.25) is 0 Å². The zero-order valence-electron chi connectivity index (χ0n) is 11.4. The molecule has 1 aliphatic heterocycles. The molecule has 1 aliphatic rings. The maximum atomic E-state index is 4.23. The first-order valence-electron chi connectivity index (χ1n) is 6.57. The van der Waals surface area contributed by atoms with Crippen molar-refractivity contribution in [1.29, 1.82) is 0 Å². The molecular weight excluding hydrogens is 220 g/mol. The Balaban J connectivity index is 2.40. The van der Waals surface area contributed by atoms with E-state index in [0.29, 0.717) is 0 Å². The summed E-state index contributed by atoms with van der Waals surface area (Å²) in [5, 5.41) is 4.84. The molecule has 0 fully saturated rings. The van der Waals surface area contributed by atoms with E-state index in [9.17, 15) is 0 Å². The van der Waals surface area contributed by atoms with Gasteiger partial charge in [0.15, 0.2) is 0 Å². The predicted octanol–water partition coefficient (Wildman–Crippen LogP) is 2.95. The highest BCUT2D eigenvalue weighted by Gasteiger charge is 2.19. The van der Waals surface area contributed by atoms with E-state index in [1.54, 1.807) is 0 Å². The van der Waals surface area contributed by atoms with Gasteiger partial charge >= 0.3 is 0 Å². The van der Waals surface area contributed by atoms with Crippen LogP contribution in [-0.4, -0.2) is 17.7 Å². The minimum absolute atomic E-state index is 0.898. The number of aryl methyl sites for hydroxylation is 3. The molecule has 0 aliphatic carbocycles. The van der Waals surface area contributed by atoms with Crippen molar-refractivity contribution in [2.24, 2.45) is 7.05 Å². The lowest BCUT2D eigenvalue weighted by atomic mass is 10.0. The molecule has 0 saturated carbocycles. The molecule has 18 heavy (non-hydrogen) atoms. The Morgan fingerprint density at radius 3 is 2.72 bits per heavy atom. The maximum absolute atomic E-state index is 4.23. The Kier molecular flexibility index (Phi) is 2.56. The number of benzene rings is 1. The lowest BCUT2D eigenvalue weighted by Gasteiger charge is -2.07. The van der Waals surface area contributed by atoms with E-state index in [4.69, 9.17) is 0 Å². The topological polar surface area (TPSA) is 17.0 Å². The van der Waals surface area contributed by atoms with Crippen LogP contribution >= 0.6 is 0 Å². The standard InChI is InChI=1S/C16H20N2/c1-10-7-14-13-5-6-17-9-12(3)16(13)18(4)15(14)8-11(10)2/h7-8,17H,3,5-6,9H2,1-2,4H3. The summed E-state index contributed by atoms with van der Waals surface area (Å²) in [5.41, 5.74) is 8.08. The van der Waals surface area contributed by atoms with Crippen LogP contribution in [0.4, 0.5) is 0 Å². The zero-order chi connectivity index (χ0) is 12.9. The fourth-order valence-electron chi connectivity index (χ4n) is 3.01. The summed E-state index contributed by atoms with van der Waals surface area (Å²) in [5.74, 6) is 0. The molecule has 0 bridgehead atoms. The van der Waals surface area contributed by atoms with E-state index in [1.807, 2.05) is 0 Å². The van der Waals surface area contributed by atoms with Crippen LogP contribution < -0.4 is 5.32 Å². The van der Waals surface area contributed by atoms with Crippen molar-refractivity contribution in [3.05, 3.63) is 41.1 Å². The highest BCUT2D eigenvalue weighted by molar-refractivity contribution is 5.91. The van der Waals surface area contributed by atoms with Gasteiger partial charge in [0.25, 0.3) is 0 Å². The van der Waals surface area contributed by atoms with Crippen LogP contribution in [0.1, 0.15) is 22.4 Å². The van der Waals surface area contributed by atoms with Gasteiger partial charge in [0, 0.05) is 30.2 Å². The Bertz CT molecular complexity index is 647. The minimum atomic E-state index is 0.898. The first-order chi connectivity index (χ1) is 8.59. The molecule has 2 aromatic rings. The quantitative estimate of drug-likeness (QED) is 0.749. The summed E-state index contributed by atoms with van der Waals surface area (Å²) in [4.78, 5) is 0. The molecule has 0 spiro atoms. The normalized spacial score (nSPS) is 15.8. The molecule has 1 N–H and O–H groups in total. The smallest absolute Gasteiger partial charge is 0.0488 e. The van der Waals surface area contributed by atoms with Crippen molar-refractivity contribution < 1.29 is 0 Å². The monoisotopic (exact) mass is 240 g/mol. The van der Waals surface area contributed by atoms with Gasteiger partial charge in [-0.05, 0) is 61.2 Å². The Labute approximate surface area is 108 Å². The molecule has 0 amide bonds. The first-order valence-corrected chi connectivity index (χ1v) is 6.57. The number of aromatic nitrogens is 1. The molecule has 94 valence electrons. The summed E-state index contributed by atoms with van der Waals surface area (Å²) in [6, 6.07) is 4.64. The second-order valence-corrected chi connectivity index (χ2v) is 5.37. The van der Waals surface area contributed by atoms with Gasteiger partial charge in [0.2, 0.25) is 0 Å². The van der Waals surface area contributed by atoms with E-state index in [2.05, 4.69) is 49.5 Å². The van der Waals surface area contributed by atoms with Crippen LogP contribution in [0.25, 0.3) is 16.5 Å². The third kappa shape index (κ3) is 1.52. The molecule has 1 aromatic carbocycles. The predicted molar refractivity (Wildman–Crippen MR) is 78.0 cm³/mol. The molecular formula is C16H20N2. The number of nitrogens with one attached hydrogen (secondary N) is 1. The van der Waals surface area contributed by atoms with Crippen molar-refractivity contribution in [3.8, 4) is 0 Å². The van der Waals surface area contributed by atoms with E-state index in [1.165, 1.54) is 38.9 Å². The van der Waals surface area contributed by atoms with Crippen molar-refractivity contribution >= 4 is 16.5 Å². The molecule has 2 heterocycles. The Hall–Kier alpha value is -1.54. The lowest BCUT2D eigenvalue weighted by molar-refractivity contribution is 0.768. The minimum Gasteiger partial charge on any atom is -0.344 e. The van der Waals surface area contributed by atoms with Gasteiger partial charge < -0.3 is 9.88 Å². The van der Waals surface area contributed by atoms with Crippen molar-refractivity contribution in [3.63, 3.8) is 0 Å². The van der Waals surface area contributed by atoms with Crippen LogP contribution in [-0.2, 0) is 13.5 Å². The highest BCUT2D eigenvalue weighted by Crippen LogP contribution is 2.32. The Morgan fingerprint density at radius 2 is 1.94 bits per heavy atom. The van der Waals surface area contributed by atoms with Gasteiger partial charge in [0.1, 0.15) is 0 Å². The number of hydrogen-bond donors (Lipinski definition) is 1. The number of fused-ring (bicyclic) bond motifs is 3. The van der Waals surface area contributed by atoms with Crippen LogP contribution in [0.2, 0.25) is 0 Å². The molecule has 0 atom stereocenters. The number of nitrogens with zero attached hydrogens (tertiary/aromatic N) is 1. The summed E-state index contributed by atoms with van der Waals surface area (Å²) in [6.45, 7) is 10.5. The molecule has 0 unspecified atom stereocenters. The SMILES string of the molecule is C=C1CNCCc2c1n(C)c1cc(C)c(C)cc21. The van der Waals surface area contributed by atoms with Crippen LogP contribution in [0.15, 0.2) is 18.7 Å². The molecule has 1 aromatic heterocycles. The van der Waals surface area contributed by atoms with Gasteiger partial charge in [-0.2, -0.15) is 0 Å². The molecule has 2 nitrogen and oxygen atoms in total. The van der Waals surface area contributed by atoms with E-state index < -0.39 is 0 Å². The summed E-state index contributed by atoms with van der Waals surface area (Å²) < 4.78 is 2.31. The fraction of sp³-hybridized carbons (Fsp3) is 0.375. The average Bonchev–Trinajstić information content (AvgIpc) is 2.49. The van der Waals surface area contributed by atoms with Crippen LogP contribution in [0, 0.1) is 13.8 Å². The van der Waals surface area contributed by atoms with E-state index in [0.717, 1.165) is 19.5 Å². The van der Waals surface area contributed by atoms with Gasteiger partial charge in [-0.15, -0.1) is 0 Å². The third-order valence-electron chi connectivity index (χ3n) is 4.14. The molecule has 3 rings (SSSR count). The molecule has 0 radical (unpaired) electrons. The first kappa shape index (κ1) is 11.5. The van der Waals surface area contributed by atoms with Crippen molar-refractivity contribution in [2.45, 2.75) is 20.3 Å². The molecule has 0 saturated heterocycles. The lowest BCUT2D eigenvalue weighted by Crippen LogP contribution is -2.16. The second kappa shape index (κ2) is 3.99. The highest BCUT2D eigenvalue weighted by atomic mass is 15.0. The third-order valence-corrected chi connectivity index (χ3v) is 4.14. The van der Waals surface area contributed by atoms with Crippen LogP contribution in [0.5, 0.6) is 0 Å². The van der Waals surface area contributed by atoms with Gasteiger partial charge in [-0.1, -0.05) is 6.58 Å². The molecule has 2 heteroatoms. The summed E-state index contributed by atoms with van der Waals surface area (Å²) in [7, 11) is 2.16. The van der Waals surface area contributed by atoms with E-state index in [-0.39, 0.29) is 0 Å². The van der Waals surface area contributed by atoms with E-state index >= 15 is 0 Å². The van der Waals surface area contributed by atoms with Crippen molar-refractivity contribution in [2.75, 3.05) is 13.1 Å². The zero-order valence-corrected chi connectivity index (χ0v) is 11.4. The second-order valence-electron chi connectivity index (χ2n) is 5.37. The largest absolute Gasteiger partial charge is 0.344 e. The summed E-state index contributed by atoms with van der Waals surface area (Å²) >= 11 is 0. The van der Waals surface area contributed by atoms with Crippen molar-refractivity contribution in [1.82, 2.24) is 9.88 Å². The van der Waals surface area contributed by atoms with Gasteiger partial charge in [0.05, 0.1) is 0 Å². The fourth-order valence-corrected chi connectivity index (χ4v) is 3.01. The number of rotatable bonds is 0.